The summed E-state index contributed by atoms with van der Waals surface area (Å²) in [7, 11) is -4.20. The summed E-state index contributed by atoms with van der Waals surface area (Å²) in [6.07, 6.45) is 1.03. The quantitative estimate of drug-likeness (QED) is 0.307. The van der Waals surface area contributed by atoms with Gasteiger partial charge in [0.05, 0.1) is 10.6 Å². The largest absolute Gasteiger partial charge is 0.486 e. The molecule has 0 bridgehead atoms. The molecular formula is C31H36ClN3O6S. The Labute approximate surface area is 252 Å². The molecule has 0 fully saturated rings. The Hall–Kier alpha value is -3.76. The van der Waals surface area contributed by atoms with Crippen LogP contribution in [0, 0.1) is 0 Å². The number of nitrogens with zero attached hydrogens (tertiary/aromatic N) is 2. The van der Waals surface area contributed by atoms with Crippen molar-refractivity contribution in [2.75, 3.05) is 24.1 Å². The Morgan fingerprint density at radius 1 is 0.929 bits per heavy atom. The highest BCUT2D eigenvalue weighted by molar-refractivity contribution is 7.92. The van der Waals surface area contributed by atoms with Crippen LogP contribution in [-0.2, 0) is 26.2 Å². The summed E-state index contributed by atoms with van der Waals surface area (Å²) >= 11 is 6.46. The maximum atomic E-state index is 14.2. The van der Waals surface area contributed by atoms with Gasteiger partial charge in [-0.15, -0.1) is 0 Å². The lowest BCUT2D eigenvalue weighted by Gasteiger charge is -2.34. The van der Waals surface area contributed by atoms with E-state index in [1.54, 1.807) is 60.7 Å². The van der Waals surface area contributed by atoms with Crippen molar-refractivity contribution >= 4 is 39.1 Å². The van der Waals surface area contributed by atoms with E-state index in [9.17, 15) is 18.0 Å². The van der Waals surface area contributed by atoms with Crippen LogP contribution >= 0.6 is 11.6 Å². The first-order valence-corrected chi connectivity index (χ1v) is 15.8. The smallest absolute Gasteiger partial charge is 0.264 e. The molecule has 0 aromatic heterocycles. The van der Waals surface area contributed by atoms with Gasteiger partial charge in [-0.2, -0.15) is 0 Å². The molecule has 0 unspecified atom stereocenters. The molecule has 1 aliphatic heterocycles. The number of benzene rings is 3. The number of halogens is 1. The van der Waals surface area contributed by atoms with E-state index in [0.717, 1.165) is 4.31 Å². The van der Waals surface area contributed by atoms with Gasteiger partial charge in [-0.3, -0.25) is 13.9 Å². The van der Waals surface area contributed by atoms with Crippen molar-refractivity contribution in [2.24, 2.45) is 0 Å². The van der Waals surface area contributed by atoms with Crippen LogP contribution in [0.1, 0.15) is 39.2 Å². The van der Waals surface area contributed by atoms with Gasteiger partial charge >= 0.3 is 0 Å². The van der Waals surface area contributed by atoms with E-state index in [0.29, 0.717) is 48.1 Å². The minimum atomic E-state index is -4.20. The van der Waals surface area contributed by atoms with Crippen molar-refractivity contribution in [2.45, 2.75) is 57.1 Å². The van der Waals surface area contributed by atoms with E-state index in [1.165, 1.54) is 17.0 Å². The minimum Gasteiger partial charge on any atom is -0.486 e. The highest BCUT2D eigenvalue weighted by Crippen LogP contribution is 2.36. The average Bonchev–Trinajstić information content (AvgIpc) is 3.00. The first-order valence-electron chi connectivity index (χ1n) is 14.0. The van der Waals surface area contributed by atoms with Gasteiger partial charge in [0, 0.05) is 23.7 Å². The van der Waals surface area contributed by atoms with Crippen molar-refractivity contribution in [1.82, 2.24) is 10.2 Å². The van der Waals surface area contributed by atoms with Crippen molar-refractivity contribution < 1.29 is 27.5 Å². The molecule has 42 heavy (non-hydrogen) atoms. The zero-order chi connectivity index (χ0) is 30.3. The van der Waals surface area contributed by atoms with Gasteiger partial charge in [-0.1, -0.05) is 61.8 Å². The number of carbonyl (C=O) groups is 2. The number of rotatable bonds is 12. The van der Waals surface area contributed by atoms with E-state index < -0.39 is 28.5 Å². The molecule has 9 nitrogen and oxygen atoms in total. The highest BCUT2D eigenvalue weighted by Gasteiger charge is 2.34. The number of amides is 2. The van der Waals surface area contributed by atoms with Crippen molar-refractivity contribution in [1.29, 1.82) is 0 Å². The van der Waals surface area contributed by atoms with Crippen molar-refractivity contribution in [3.05, 3.63) is 83.4 Å². The Morgan fingerprint density at radius 3 is 2.26 bits per heavy atom. The summed E-state index contributed by atoms with van der Waals surface area (Å²) in [5.74, 6) is -0.00670. The molecule has 1 N–H and O–H groups in total. The molecule has 224 valence electrons. The molecule has 3 aromatic rings. The molecule has 1 heterocycles. The number of ether oxygens (including phenoxy) is 2. The molecular weight excluding hydrogens is 578 g/mol. The van der Waals surface area contributed by atoms with Gasteiger partial charge in [-0.25, -0.2) is 8.42 Å². The monoisotopic (exact) mass is 613 g/mol. The normalized spacial score (nSPS) is 14.0. The number of hydrogen-bond donors (Lipinski definition) is 1. The molecule has 3 aromatic carbocycles. The predicted octanol–water partition coefficient (Wildman–Crippen LogP) is 5.03. The van der Waals surface area contributed by atoms with E-state index >= 15 is 0 Å². The predicted molar refractivity (Wildman–Crippen MR) is 162 cm³/mol. The third kappa shape index (κ3) is 7.17. The first-order chi connectivity index (χ1) is 20.1. The lowest BCUT2D eigenvalue weighted by Crippen LogP contribution is -2.53. The minimum absolute atomic E-state index is 0.0191. The molecule has 1 aliphatic rings. The van der Waals surface area contributed by atoms with E-state index in [1.807, 2.05) is 20.8 Å². The fourth-order valence-corrected chi connectivity index (χ4v) is 6.23. The average molecular weight is 614 g/mol. The number of anilines is 1. The number of hydrogen-bond acceptors (Lipinski definition) is 6. The second kappa shape index (κ2) is 13.9. The molecule has 2 amide bonds. The van der Waals surface area contributed by atoms with Gasteiger partial charge in [0.1, 0.15) is 25.8 Å². The Morgan fingerprint density at radius 2 is 1.60 bits per heavy atom. The molecule has 0 radical (unpaired) electrons. The number of fused-ring (bicyclic) bond motifs is 1. The van der Waals surface area contributed by atoms with Crippen LogP contribution in [0.5, 0.6) is 11.5 Å². The standard InChI is InChI=1S/C31H36ClN3O6S/c1-4-22(3)33-31(37)27(5-2)34(20-23-11-9-10-14-26(23)32)30(36)21-35(42(38,39)25-12-7-6-8-13-25)24-15-16-28-29(19-24)41-18-17-40-28/h6-16,19,22,27H,4-5,17-18,20-21H2,1-3H3,(H,33,37)/t22-,27+/m0/s1. The zero-order valence-electron chi connectivity index (χ0n) is 24.0. The molecule has 2 atom stereocenters. The second-order valence-corrected chi connectivity index (χ2v) is 12.3. The van der Waals surface area contributed by atoms with Gasteiger partial charge in [0.15, 0.2) is 11.5 Å². The topological polar surface area (TPSA) is 105 Å². The van der Waals surface area contributed by atoms with Crippen molar-refractivity contribution in [3.8, 4) is 11.5 Å². The van der Waals surface area contributed by atoms with E-state index in [2.05, 4.69) is 5.32 Å². The highest BCUT2D eigenvalue weighted by atomic mass is 35.5. The van der Waals surface area contributed by atoms with Crippen LogP contribution in [0.3, 0.4) is 0 Å². The van der Waals surface area contributed by atoms with Crippen LogP contribution in [0.15, 0.2) is 77.7 Å². The van der Waals surface area contributed by atoms with Gasteiger partial charge in [0.25, 0.3) is 10.0 Å². The van der Waals surface area contributed by atoms with Gasteiger partial charge in [-0.05, 0) is 55.7 Å². The SMILES string of the molecule is CC[C@H](C(=O)N[C@@H](C)CC)N(Cc1ccccc1Cl)C(=O)CN(c1ccc2c(c1)OCCO2)S(=O)(=O)c1ccccc1. The maximum Gasteiger partial charge on any atom is 0.264 e. The lowest BCUT2D eigenvalue weighted by molar-refractivity contribution is -0.140. The number of sulfonamides is 1. The summed E-state index contributed by atoms with van der Waals surface area (Å²) < 4.78 is 40.4. The van der Waals surface area contributed by atoms with Crippen molar-refractivity contribution in [3.63, 3.8) is 0 Å². The van der Waals surface area contributed by atoms with Crippen LogP contribution in [0.25, 0.3) is 0 Å². The van der Waals surface area contributed by atoms with Gasteiger partial charge in [0.2, 0.25) is 11.8 Å². The Bertz CT molecular complexity index is 1500. The van der Waals surface area contributed by atoms with E-state index in [4.69, 9.17) is 21.1 Å². The summed E-state index contributed by atoms with van der Waals surface area (Å²) in [5.41, 5.74) is 0.866. The van der Waals surface area contributed by atoms with E-state index in [-0.39, 0.29) is 29.1 Å². The third-order valence-corrected chi connectivity index (χ3v) is 9.27. The first kappa shape index (κ1) is 31.2. The fraction of sp³-hybridized carbons (Fsp3) is 0.355. The van der Waals surface area contributed by atoms with Crippen LogP contribution < -0.4 is 19.1 Å². The third-order valence-electron chi connectivity index (χ3n) is 7.11. The Balaban J connectivity index is 1.76. The summed E-state index contributed by atoms with van der Waals surface area (Å²) in [5, 5.41) is 3.40. The summed E-state index contributed by atoms with van der Waals surface area (Å²) in [6, 6.07) is 18.8. The fourth-order valence-electron chi connectivity index (χ4n) is 4.61. The summed E-state index contributed by atoms with van der Waals surface area (Å²) in [6.45, 7) is 5.81. The van der Waals surface area contributed by atoms with Crippen LogP contribution in [-0.4, -0.2) is 57.0 Å². The van der Waals surface area contributed by atoms with Crippen LogP contribution in [0.4, 0.5) is 5.69 Å². The molecule has 11 heteroatoms. The maximum absolute atomic E-state index is 14.2. The molecule has 0 aliphatic carbocycles. The second-order valence-electron chi connectivity index (χ2n) is 10.0. The lowest BCUT2D eigenvalue weighted by atomic mass is 10.1. The number of nitrogens with one attached hydrogen (secondary N) is 1. The zero-order valence-corrected chi connectivity index (χ0v) is 25.5. The molecule has 0 saturated heterocycles. The molecule has 4 rings (SSSR count). The van der Waals surface area contributed by atoms with Gasteiger partial charge < -0.3 is 19.7 Å². The number of carbonyl (C=O) groups excluding carboxylic acids is 2. The Kier molecular flexibility index (Phi) is 10.3. The summed E-state index contributed by atoms with van der Waals surface area (Å²) in [4.78, 5) is 29.0. The molecule has 0 spiro atoms. The molecule has 0 saturated carbocycles. The van der Waals surface area contributed by atoms with Crippen LogP contribution in [0.2, 0.25) is 5.02 Å².